The van der Waals surface area contributed by atoms with Crippen LogP contribution in [0.2, 0.25) is 0 Å². The van der Waals surface area contributed by atoms with Crippen LogP contribution in [0.15, 0.2) is 191 Å². The SMILES string of the molecule is CC1C=C(c2ccc3c(c2)oc2cc(-c4ccccc4)ccc23)N=C(c2cccc(-n3c4ccccc4c4c5c(ccc43)-c3ccccc3C5(C)C)c2)NC1C1=CCCC=C1. The fraction of sp³-hybridized carbons (Fsp3) is 0.140. The topological polar surface area (TPSA) is 42.5 Å². The molecule has 2 unspecified atom stereocenters. The van der Waals surface area contributed by atoms with E-state index in [2.05, 4.69) is 207 Å². The molecule has 2 aromatic heterocycles. The van der Waals surface area contributed by atoms with E-state index in [9.17, 15) is 0 Å². The van der Waals surface area contributed by atoms with Crippen molar-refractivity contribution in [1.82, 2.24) is 9.88 Å². The van der Waals surface area contributed by atoms with Gasteiger partial charge < -0.3 is 14.3 Å². The van der Waals surface area contributed by atoms with Crippen molar-refractivity contribution in [3.8, 4) is 27.9 Å². The van der Waals surface area contributed by atoms with E-state index in [1.807, 2.05) is 0 Å². The number of nitrogens with one attached hydrogen (secondary N) is 1. The van der Waals surface area contributed by atoms with Gasteiger partial charge in [0.25, 0.3) is 0 Å². The average molecular weight is 788 g/mol. The average Bonchev–Trinajstić information content (AvgIpc) is 3.87. The van der Waals surface area contributed by atoms with Gasteiger partial charge in [-0.25, -0.2) is 4.99 Å². The van der Waals surface area contributed by atoms with Crippen LogP contribution in [0.5, 0.6) is 0 Å². The summed E-state index contributed by atoms with van der Waals surface area (Å²) in [6.07, 6.45) is 11.4. The highest BCUT2D eigenvalue weighted by atomic mass is 16.3. The predicted molar refractivity (Wildman–Crippen MR) is 255 cm³/mol. The Hall–Kier alpha value is -7.17. The van der Waals surface area contributed by atoms with Crippen LogP contribution in [0.1, 0.15) is 55.9 Å². The number of hydrogen-bond acceptors (Lipinski definition) is 3. The van der Waals surface area contributed by atoms with Crippen LogP contribution in [0.4, 0.5) is 0 Å². The van der Waals surface area contributed by atoms with E-state index >= 15 is 0 Å². The number of hydrogen-bond donors (Lipinski definition) is 1. The minimum Gasteiger partial charge on any atom is -0.456 e. The van der Waals surface area contributed by atoms with E-state index in [0.717, 1.165) is 68.7 Å². The van der Waals surface area contributed by atoms with Crippen LogP contribution < -0.4 is 5.32 Å². The van der Waals surface area contributed by atoms with Crippen molar-refractivity contribution in [2.45, 2.75) is 45.1 Å². The number of rotatable bonds is 5. The first-order valence-corrected chi connectivity index (χ1v) is 21.6. The molecule has 3 heterocycles. The molecule has 0 radical (unpaired) electrons. The molecule has 3 aliphatic rings. The number of fused-ring (bicyclic) bond motifs is 10. The van der Waals surface area contributed by atoms with Gasteiger partial charge >= 0.3 is 0 Å². The summed E-state index contributed by atoms with van der Waals surface area (Å²) in [6, 6.07) is 55.1. The van der Waals surface area contributed by atoms with Gasteiger partial charge in [0.2, 0.25) is 0 Å². The Morgan fingerprint density at radius 2 is 1.39 bits per heavy atom. The molecule has 0 spiro atoms. The Labute approximate surface area is 355 Å². The lowest BCUT2D eigenvalue weighted by atomic mass is 9.80. The lowest BCUT2D eigenvalue weighted by Crippen LogP contribution is -2.39. The van der Waals surface area contributed by atoms with Crippen LogP contribution in [0, 0.1) is 5.92 Å². The molecule has 2 atom stereocenters. The van der Waals surface area contributed by atoms with Crippen LogP contribution in [-0.2, 0) is 5.41 Å². The molecular formula is C57H45N3O. The first kappa shape index (κ1) is 35.7. The molecule has 2 aliphatic carbocycles. The summed E-state index contributed by atoms with van der Waals surface area (Å²) in [5.41, 5.74) is 17.3. The molecule has 7 aromatic carbocycles. The Bertz CT molecular complexity index is 3390. The first-order chi connectivity index (χ1) is 29.9. The third-order valence-electron chi connectivity index (χ3n) is 13.5. The number of aliphatic imine (C=N–C) groups is 1. The van der Waals surface area contributed by atoms with Gasteiger partial charge in [0.05, 0.1) is 22.8 Å². The molecule has 61 heavy (non-hydrogen) atoms. The number of benzene rings is 7. The number of aromatic nitrogens is 1. The van der Waals surface area contributed by atoms with Crippen LogP contribution in [-0.4, -0.2) is 16.4 Å². The Kier molecular flexibility index (Phi) is 8.02. The summed E-state index contributed by atoms with van der Waals surface area (Å²) in [5, 5.41) is 8.81. The van der Waals surface area contributed by atoms with Gasteiger partial charge in [0.1, 0.15) is 17.0 Å². The molecule has 9 aromatic rings. The maximum Gasteiger partial charge on any atom is 0.136 e. The lowest BCUT2D eigenvalue weighted by Gasteiger charge is -2.26. The molecule has 0 fully saturated rings. The van der Waals surface area contributed by atoms with E-state index in [1.165, 1.54) is 55.2 Å². The smallest absolute Gasteiger partial charge is 0.136 e. The van der Waals surface area contributed by atoms with Gasteiger partial charge in [0, 0.05) is 49.7 Å². The number of nitrogens with zero attached hydrogens (tertiary/aromatic N) is 2. The largest absolute Gasteiger partial charge is 0.456 e. The second-order valence-corrected chi connectivity index (χ2v) is 17.5. The van der Waals surface area contributed by atoms with Gasteiger partial charge in [0.15, 0.2) is 0 Å². The first-order valence-electron chi connectivity index (χ1n) is 21.6. The van der Waals surface area contributed by atoms with Gasteiger partial charge in [-0.3, -0.25) is 0 Å². The van der Waals surface area contributed by atoms with Crippen molar-refractivity contribution >= 4 is 55.3 Å². The maximum absolute atomic E-state index is 6.61. The van der Waals surface area contributed by atoms with Crippen molar-refractivity contribution in [3.05, 3.63) is 204 Å². The summed E-state index contributed by atoms with van der Waals surface area (Å²) < 4.78 is 9.06. The molecule has 0 amide bonds. The Morgan fingerprint density at radius 3 is 2.23 bits per heavy atom. The maximum atomic E-state index is 6.61. The summed E-state index contributed by atoms with van der Waals surface area (Å²) in [6.45, 7) is 7.07. The van der Waals surface area contributed by atoms with E-state index in [4.69, 9.17) is 9.41 Å². The fourth-order valence-corrected chi connectivity index (χ4v) is 10.5. The minimum atomic E-state index is -0.131. The molecule has 294 valence electrons. The quantitative estimate of drug-likeness (QED) is 0.189. The highest BCUT2D eigenvalue weighted by molar-refractivity contribution is 6.15. The van der Waals surface area contributed by atoms with Gasteiger partial charge in [-0.15, -0.1) is 0 Å². The summed E-state index contributed by atoms with van der Waals surface area (Å²) in [7, 11) is 0. The van der Waals surface area contributed by atoms with Crippen molar-refractivity contribution in [3.63, 3.8) is 0 Å². The summed E-state index contributed by atoms with van der Waals surface area (Å²) in [5.74, 6) is 1.03. The van der Waals surface area contributed by atoms with Gasteiger partial charge in [-0.05, 0) is 100 Å². The highest BCUT2D eigenvalue weighted by Crippen LogP contribution is 2.53. The minimum absolute atomic E-state index is 0.0579. The molecule has 0 saturated carbocycles. The molecule has 1 N–H and O–H groups in total. The number of para-hydroxylation sites is 1. The van der Waals surface area contributed by atoms with Crippen molar-refractivity contribution in [1.29, 1.82) is 0 Å². The third kappa shape index (κ3) is 5.62. The van der Waals surface area contributed by atoms with E-state index in [0.29, 0.717) is 0 Å². The molecule has 0 saturated heterocycles. The molecule has 4 nitrogen and oxygen atoms in total. The zero-order valence-electron chi connectivity index (χ0n) is 34.6. The second-order valence-electron chi connectivity index (χ2n) is 17.5. The summed E-state index contributed by atoms with van der Waals surface area (Å²) in [4.78, 5) is 5.53. The molecule has 12 rings (SSSR count). The van der Waals surface area contributed by atoms with Crippen LogP contribution in [0.3, 0.4) is 0 Å². The van der Waals surface area contributed by atoms with Crippen molar-refractivity contribution in [2.75, 3.05) is 0 Å². The zero-order valence-corrected chi connectivity index (χ0v) is 34.6. The van der Waals surface area contributed by atoms with E-state index in [-0.39, 0.29) is 17.4 Å². The zero-order chi connectivity index (χ0) is 40.8. The summed E-state index contributed by atoms with van der Waals surface area (Å²) >= 11 is 0. The Balaban J connectivity index is 0.995. The van der Waals surface area contributed by atoms with Crippen molar-refractivity contribution in [2.24, 2.45) is 10.9 Å². The second kappa shape index (κ2) is 13.7. The molecule has 1 aliphatic heterocycles. The van der Waals surface area contributed by atoms with Gasteiger partial charge in [-0.2, -0.15) is 0 Å². The Morgan fingerprint density at radius 1 is 0.639 bits per heavy atom. The normalized spacial score (nSPS) is 18.1. The number of amidine groups is 1. The highest BCUT2D eigenvalue weighted by Gasteiger charge is 2.38. The van der Waals surface area contributed by atoms with E-state index < -0.39 is 0 Å². The molecule has 0 bridgehead atoms. The molecule has 4 heteroatoms. The predicted octanol–water partition coefficient (Wildman–Crippen LogP) is 14.3. The van der Waals surface area contributed by atoms with E-state index in [1.54, 1.807) is 0 Å². The monoisotopic (exact) mass is 787 g/mol. The third-order valence-corrected chi connectivity index (χ3v) is 13.5. The molecular weight excluding hydrogens is 743 g/mol. The van der Waals surface area contributed by atoms with Crippen LogP contribution in [0.25, 0.3) is 77.4 Å². The van der Waals surface area contributed by atoms with Crippen molar-refractivity contribution < 1.29 is 4.42 Å². The standard InChI is InChI=1S/C57H45N3O/c1-35-31-48(39-26-28-44-43-27-25-38(36-15-6-4-7-16-36)33-51(43)61-52(44)34-39)58-56(59-55(35)37-17-8-5-9-18-37)40-19-14-20-41(32-40)60-49-24-13-11-22-46(49)53-50(60)30-29-45-42-21-10-12-23-47(42)57(2,3)54(45)53/h4,6-8,10-35,55H,5,9H2,1-3H3,(H,58,59). The van der Waals surface area contributed by atoms with Crippen LogP contribution >= 0.6 is 0 Å². The number of allylic oxidation sites excluding steroid dienone is 2. The lowest BCUT2D eigenvalue weighted by molar-refractivity contribution is 0.564. The van der Waals surface area contributed by atoms with Gasteiger partial charge in [-0.1, -0.05) is 148 Å². The number of furan rings is 1. The fourth-order valence-electron chi connectivity index (χ4n) is 10.5.